The first-order valence-electron chi connectivity index (χ1n) is 9.03. The van der Waals surface area contributed by atoms with Crippen molar-refractivity contribution in [2.24, 2.45) is 5.92 Å². The highest BCUT2D eigenvalue weighted by molar-refractivity contribution is 5.95. The summed E-state index contributed by atoms with van der Waals surface area (Å²) in [5.74, 6) is -2.01. The lowest BCUT2D eigenvalue weighted by Crippen LogP contribution is -2.35. The lowest BCUT2D eigenvalue weighted by Gasteiger charge is -2.23. The van der Waals surface area contributed by atoms with Crippen LogP contribution in [0.4, 0.5) is 0 Å². The van der Waals surface area contributed by atoms with Crippen molar-refractivity contribution in [3.05, 3.63) is 53.3 Å². The van der Waals surface area contributed by atoms with Crippen molar-refractivity contribution in [3.8, 4) is 0 Å². The van der Waals surface area contributed by atoms with Crippen LogP contribution < -0.4 is 5.32 Å². The zero-order valence-corrected chi connectivity index (χ0v) is 15.8. The summed E-state index contributed by atoms with van der Waals surface area (Å²) in [5, 5.41) is 16.7. The predicted molar refractivity (Wildman–Crippen MR) is 100 cm³/mol. The first-order valence-corrected chi connectivity index (χ1v) is 9.03. The topological polar surface area (TPSA) is 84.2 Å². The average molecular weight is 357 g/mol. The standard InChI is InChI=1S/C20H27N3O3/c1-5-16(6-2)23-14(4)17(12-21-23)19(24)22-18(13(3)20(25)26)15-10-8-7-9-11-15/h7-13,16,18H,5-6H2,1-4H3,(H,22,24)(H,25,26). The Morgan fingerprint density at radius 2 is 1.81 bits per heavy atom. The molecule has 0 aliphatic rings. The van der Waals surface area contributed by atoms with Crippen LogP contribution in [-0.4, -0.2) is 26.8 Å². The van der Waals surface area contributed by atoms with Gasteiger partial charge in [-0.25, -0.2) is 0 Å². The second-order valence-corrected chi connectivity index (χ2v) is 6.55. The number of carbonyl (C=O) groups excluding carboxylic acids is 1. The molecule has 0 bridgehead atoms. The van der Waals surface area contributed by atoms with Crippen molar-refractivity contribution < 1.29 is 14.7 Å². The summed E-state index contributed by atoms with van der Waals surface area (Å²) in [7, 11) is 0. The number of hydrogen-bond donors (Lipinski definition) is 2. The molecule has 140 valence electrons. The smallest absolute Gasteiger partial charge is 0.308 e. The van der Waals surface area contributed by atoms with E-state index in [4.69, 9.17) is 0 Å². The van der Waals surface area contributed by atoms with Crippen LogP contribution in [0.2, 0.25) is 0 Å². The molecule has 1 aromatic carbocycles. The second kappa shape index (κ2) is 8.65. The maximum absolute atomic E-state index is 12.8. The number of carboxylic acids is 1. The summed E-state index contributed by atoms with van der Waals surface area (Å²) in [4.78, 5) is 24.3. The molecule has 26 heavy (non-hydrogen) atoms. The van der Waals surface area contributed by atoms with E-state index in [2.05, 4.69) is 24.3 Å². The molecule has 6 heteroatoms. The minimum atomic E-state index is -0.955. The Morgan fingerprint density at radius 3 is 2.35 bits per heavy atom. The SMILES string of the molecule is CCC(CC)n1ncc(C(=O)NC(c2ccccc2)C(C)C(=O)O)c1C. The Kier molecular flexibility index (Phi) is 6.55. The Morgan fingerprint density at radius 1 is 1.19 bits per heavy atom. The van der Waals surface area contributed by atoms with Crippen LogP contribution in [0.5, 0.6) is 0 Å². The number of carboxylic acid groups (broad SMARTS) is 1. The highest BCUT2D eigenvalue weighted by Gasteiger charge is 2.28. The van der Waals surface area contributed by atoms with Crippen LogP contribution >= 0.6 is 0 Å². The molecule has 2 N–H and O–H groups in total. The average Bonchev–Trinajstić information content (AvgIpc) is 3.02. The molecule has 1 amide bonds. The Bertz CT molecular complexity index is 751. The van der Waals surface area contributed by atoms with E-state index in [0.29, 0.717) is 5.56 Å². The van der Waals surface area contributed by atoms with Crippen LogP contribution in [0.1, 0.15) is 67.3 Å². The third-order valence-electron chi connectivity index (χ3n) is 4.91. The zero-order valence-electron chi connectivity index (χ0n) is 15.8. The van der Waals surface area contributed by atoms with Gasteiger partial charge in [0.25, 0.3) is 5.91 Å². The summed E-state index contributed by atoms with van der Waals surface area (Å²) >= 11 is 0. The van der Waals surface area contributed by atoms with Gasteiger partial charge in [0.05, 0.1) is 29.8 Å². The molecule has 2 aromatic rings. The van der Waals surface area contributed by atoms with E-state index >= 15 is 0 Å². The normalized spacial score (nSPS) is 13.4. The first kappa shape index (κ1) is 19.7. The van der Waals surface area contributed by atoms with Gasteiger partial charge < -0.3 is 10.4 Å². The molecule has 1 aromatic heterocycles. The number of aliphatic carboxylic acids is 1. The van der Waals surface area contributed by atoms with E-state index in [1.54, 1.807) is 13.1 Å². The van der Waals surface area contributed by atoms with Crippen LogP contribution in [0.15, 0.2) is 36.5 Å². The van der Waals surface area contributed by atoms with Crippen molar-refractivity contribution in [3.63, 3.8) is 0 Å². The quantitative estimate of drug-likeness (QED) is 0.754. The molecule has 1 heterocycles. The van der Waals surface area contributed by atoms with Crippen molar-refractivity contribution in [1.29, 1.82) is 0 Å². The number of nitrogens with zero attached hydrogens (tertiary/aromatic N) is 2. The highest BCUT2D eigenvalue weighted by Crippen LogP contribution is 2.24. The second-order valence-electron chi connectivity index (χ2n) is 6.55. The van der Waals surface area contributed by atoms with Gasteiger partial charge in [-0.15, -0.1) is 0 Å². The minimum Gasteiger partial charge on any atom is -0.481 e. The summed E-state index contributed by atoms with van der Waals surface area (Å²) in [6, 6.07) is 8.81. The van der Waals surface area contributed by atoms with E-state index in [1.807, 2.05) is 41.9 Å². The molecule has 2 unspecified atom stereocenters. The van der Waals surface area contributed by atoms with E-state index in [0.717, 1.165) is 24.1 Å². The van der Waals surface area contributed by atoms with Crippen molar-refractivity contribution in [1.82, 2.24) is 15.1 Å². The van der Waals surface area contributed by atoms with Crippen molar-refractivity contribution in [2.75, 3.05) is 0 Å². The third-order valence-corrected chi connectivity index (χ3v) is 4.91. The number of carbonyl (C=O) groups is 2. The first-order chi connectivity index (χ1) is 12.4. The molecule has 0 aliphatic carbocycles. The molecule has 2 rings (SSSR count). The van der Waals surface area contributed by atoms with Crippen molar-refractivity contribution in [2.45, 2.75) is 52.6 Å². The molecule has 0 fully saturated rings. The number of aromatic nitrogens is 2. The molecule has 6 nitrogen and oxygen atoms in total. The zero-order chi connectivity index (χ0) is 19.3. The van der Waals surface area contributed by atoms with Gasteiger partial charge in [0, 0.05) is 5.69 Å². The van der Waals surface area contributed by atoms with Gasteiger partial charge in [-0.2, -0.15) is 5.10 Å². The van der Waals surface area contributed by atoms with Gasteiger partial charge in [0.2, 0.25) is 0 Å². The minimum absolute atomic E-state index is 0.249. The van der Waals surface area contributed by atoms with Crippen LogP contribution in [-0.2, 0) is 4.79 Å². The van der Waals surface area contributed by atoms with Crippen LogP contribution in [0, 0.1) is 12.8 Å². The van der Waals surface area contributed by atoms with Gasteiger partial charge in [0.15, 0.2) is 0 Å². The molecule has 0 spiro atoms. The monoisotopic (exact) mass is 357 g/mol. The van der Waals surface area contributed by atoms with E-state index in [9.17, 15) is 14.7 Å². The fraction of sp³-hybridized carbons (Fsp3) is 0.450. The Hall–Kier alpha value is -2.63. The number of benzene rings is 1. The maximum atomic E-state index is 12.8. The molecule has 0 aliphatic heterocycles. The predicted octanol–water partition coefficient (Wildman–Crippen LogP) is 3.74. The summed E-state index contributed by atoms with van der Waals surface area (Å²) < 4.78 is 1.88. The van der Waals surface area contributed by atoms with Crippen LogP contribution in [0.3, 0.4) is 0 Å². The fourth-order valence-electron chi connectivity index (χ4n) is 3.17. The van der Waals surface area contributed by atoms with Crippen LogP contribution in [0.25, 0.3) is 0 Å². The Labute approximate surface area is 154 Å². The molecule has 0 radical (unpaired) electrons. The fourth-order valence-corrected chi connectivity index (χ4v) is 3.17. The van der Waals surface area contributed by atoms with E-state index in [-0.39, 0.29) is 11.9 Å². The Balaban J connectivity index is 2.29. The van der Waals surface area contributed by atoms with Gasteiger partial charge in [0.1, 0.15) is 0 Å². The third kappa shape index (κ3) is 4.12. The van der Waals surface area contributed by atoms with E-state index in [1.165, 1.54) is 0 Å². The molecule has 2 atom stereocenters. The molecular formula is C20H27N3O3. The number of hydrogen-bond acceptors (Lipinski definition) is 3. The van der Waals surface area contributed by atoms with Gasteiger partial charge >= 0.3 is 5.97 Å². The summed E-state index contributed by atoms with van der Waals surface area (Å²) in [6.45, 7) is 7.66. The van der Waals surface area contributed by atoms with Gasteiger partial charge in [-0.1, -0.05) is 44.2 Å². The lowest BCUT2D eigenvalue weighted by molar-refractivity contribution is -0.142. The lowest BCUT2D eigenvalue weighted by atomic mass is 9.94. The van der Waals surface area contributed by atoms with E-state index < -0.39 is 17.9 Å². The van der Waals surface area contributed by atoms with Gasteiger partial charge in [-0.05, 0) is 32.3 Å². The molecule has 0 saturated carbocycles. The molecule has 0 saturated heterocycles. The highest BCUT2D eigenvalue weighted by atomic mass is 16.4. The molecular weight excluding hydrogens is 330 g/mol. The summed E-state index contributed by atoms with van der Waals surface area (Å²) in [5.41, 5.74) is 2.04. The number of amides is 1. The maximum Gasteiger partial charge on any atom is 0.308 e. The summed E-state index contributed by atoms with van der Waals surface area (Å²) in [6.07, 6.45) is 3.43. The largest absolute Gasteiger partial charge is 0.481 e. The number of rotatable bonds is 8. The van der Waals surface area contributed by atoms with Gasteiger partial charge in [-0.3, -0.25) is 14.3 Å². The van der Waals surface area contributed by atoms with Crippen molar-refractivity contribution >= 4 is 11.9 Å². The number of nitrogens with one attached hydrogen (secondary N) is 1.